The van der Waals surface area contributed by atoms with Crippen LogP contribution in [-0.2, 0) is 4.79 Å². The Morgan fingerprint density at radius 3 is 2.88 bits per heavy atom. The van der Waals surface area contributed by atoms with E-state index < -0.39 is 6.03 Å². The van der Waals surface area contributed by atoms with Crippen molar-refractivity contribution in [2.45, 2.75) is 24.6 Å². The summed E-state index contributed by atoms with van der Waals surface area (Å²) in [5.74, 6) is 0.431. The van der Waals surface area contributed by atoms with Crippen LogP contribution in [0.3, 0.4) is 0 Å². The van der Waals surface area contributed by atoms with E-state index in [0.29, 0.717) is 19.0 Å². The van der Waals surface area contributed by atoms with Crippen LogP contribution in [0.4, 0.5) is 4.79 Å². The van der Waals surface area contributed by atoms with E-state index in [2.05, 4.69) is 21.2 Å². The molecule has 2 atom stereocenters. The number of hydrogen-bond acceptors (Lipinski definition) is 2. The van der Waals surface area contributed by atoms with E-state index >= 15 is 0 Å². The molecule has 3 N–H and O–H groups in total. The second-order valence-corrected chi connectivity index (χ2v) is 5.53. The molecule has 1 saturated heterocycles. The van der Waals surface area contributed by atoms with Crippen molar-refractivity contribution < 1.29 is 9.59 Å². The highest BCUT2D eigenvalue weighted by Gasteiger charge is 2.25. The number of hydrogen-bond donors (Lipinski definition) is 2. The quantitative estimate of drug-likeness (QED) is 0.750. The van der Waals surface area contributed by atoms with Gasteiger partial charge in [0.1, 0.15) is 0 Å². The molecule has 0 spiro atoms. The number of carbonyl (C=O) groups is 2. The van der Waals surface area contributed by atoms with Crippen LogP contribution in [-0.4, -0.2) is 41.3 Å². The highest BCUT2D eigenvalue weighted by Crippen LogP contribution is 2.17. The van der Waals surface area contributed by atoms with Gasteiger partial charge in [0.05, 0.1) is 4.83 Å². The minimum Gasteiger partial charge on any atom is -0.352 e. The first-order chi connectivity index (χ1) is 7.50. The Kier molecular flexibility index (Phi) is 5.05. The fourth-order valence-electron chi connectivity index (χ4n) is 1.93. The molecule has 1 rings (SSSR count). The molecule has 0 bridgehead atoms. The van der Waals surface area contributed by atoms with Gasteiger partial charge in [-0.2, -0.15) is 0 Å². The van der Waals surface area contributed by atoms with Crippen molar-refractivity contribution >= 4 is 27.9 Å². The summed E-state index contributed by atoms with van der Waals surface area (Å²) in [5, 5.41) is 2.59. The third kappa shape index (κ3) is 4.00. The summed E-state index contributed by atoms with van der Waals surface area (Å²) < 4.78 is 0. The second kappa shape index (κ2) is 6.08. The Bertz CT molecular complexity index is 271. The minimum atomic E-state index is -0.502. The molecule has 16 heavy (non-hydrogen) atoms. The van der Waals surface area contributed by atoms with Crippen molar-refractivity contribution in [3.8, 4) is 0 Å². The van der Waals surface area contributed by atoms with Gasteiger partial charge in [0.25, 0.3) is 0 Å². The van der Waals surface area contributed by atoms with Gasteiger partial charge in [0.2, 0.25) is 5.91 Å². The van der Waals surface area contributed by atoms with Crippen LogP contribution < -0.4 is 11.1 Å². The van der Waals surface area contributed by atoms with Crippen molar-refractivity contribution in [3.63, 3.8) is 0 Å². The SMILES string of the molecule is CC(Br)C(=O)N1CCCC(CNC(N)=O)C1. The number of piperidine rings is 1. The molecule has 1 aliphatic rings. The fraction of sp³-hybridized carbons (Fsp3) is 0.800. The minimum absolute atomic E-state index is 0.115. The molecule has 1 aliphatic heterocycles. The van der Waals surface area contributed by atoms with Crippen molar-refractivity contribution in [2.75, 3.05) is 19.6 Å². The van der Waals surface area contributed by atoms with Crippen LogP contribution in [0.2, 0.25) is 0 Å². The number of nitrogens with zero attached hydrogens (tertiary/aromatic N) is 1. The summed E-state index contributed by atoms with van der Waals surface area (Å²) in [5.41, 5.74) is 5.01. The number of halogens is 1. The molecule has 92 valence electrons. The zero-order valence-corrected chi connectivity index (χ0v) is 11.0. The van der Waals surface area contributed by atoms with E-state index in [1.54, 1.807) is 0 Å². The van der Waals surface area contributed by atoms with Crippen LogP contribution >= 0.6 is 15.9 Å². The van der Waals surface area contributed by atoms with Gasteiger partial charge >= 0.3 is 6.03 Å². The second-order valence-electron chi connectivity index (χ2n) is 4.15. The monoisotopic (exact) mass is 291 g/mol. The Morgan fingerprint density at radius 1 is 1.62 bits per heavy atom. The number of carbonyl (C=O) groups excluding carboxylic acids is 2. The number of likely N-dealkylation sites (tertiary alicyclic amines) is 1. The number of nitrogens with one attached hydrogen (secondary N) is 1. The lowest BCUT2D eigenvalue weighted by molar-refractivity contribution is -0.131. The first-order valence-corrected chi connectivity index (χ1v) is 6.38. The molecule has 0 aliphatic carbocycles. The van der Waals surface area contributed by atoms with Crippen molar-refractivity contribution in [1.82, 2.24) is 10.2 Å². The normalized spacial score (nSPS) is 22.6. The first-order valence-electron chi connectivity index (χ1n) is 5.47. The highest BCUT2D eigenvalue weighted by atomic mass is 79.9. The number of nitrogens with two attached hydrogens (primary N) is 1. The molecular weight excluding hydrogens is 274 g/mol. The standard InChI is InChI=1S/C10H18BrN3O2/c1-7(11)9(15)14-4-2-3-8(6-14)5-13-10(12)16/h7-8H,2-6H2,1H3,(H3,12,13,16). The molecule has 1 fully saturated rings. The van der Waals surface area contributed by atoms with Crippen LogP contribution in [0.15, 0.2) is 0 Å². The van der Waals surface area contributed by atoms with E-state index in [-0.39, 0.29) is 10.7 Å². The fourth-order valence-corrected chi connectivity index (χ4v) is 2.22. The summed E-state index contributed by atoms with van der Waals surface area (Å²) >= 11 is 3.28. The number of alkyl halides is 1. The molecule has 0 aromatic heterocycles. The number of amides is 3. The molecule has 1 heterocycles. The molecule has 0 aromatic rings. The van der Waals surface area contributed by atoms with Crippen LogP contribution in [0.5, 0.6) is 0 Å². The van der Waals surface area contributed by atoms with E-state index in [0.717, 1.165) is 19.4 Å². The molecule has 0 aromatic carbocycles. The number of rotatable bonds is 3. The Labute approximate surface area is 104 Å². The summed E-state index contributed by atoms with van der Waals surface area (Å²) in [6.45, 7) is 3.89. The predicted octanol–water partition coefficient (Wildman–Crippen LogP) is 0.677. The Hall–Kier alpha value is -0.780. The van der Waals surface area contributed by atoms with Gasteiger partial charge < -0.3 is 16.0 Å². The van der Waals surface area contributed by atoms with Gasteiger partial charge in [0.15, 0.2) is 0 Å². The van der Waals surface area contributed by atoms with Gasteiger partial charge in [-0.25, -0.2) is 4.79 Å². The average molecular weight is 292 g/mol. The molecule has 2 unspecified atom stereocenters. The Balaban J connectivity index is 2.41. The van der Waals surface area contributed by atoms with Crippen molar-refractivity contribution in [2.24, 2.45) is 11.7 Å². The maximum absolute atomic E-state index is 11.7. The number of primary amides is 1. The predicted molar refractivity (Wildman–Crippen MR) is 65.3 cm³/mol. The first kappa shape index (κ1) is 13.3. The third-order valence-electron chi connectivity index (χ3n) is 2.74. The molecule has 6 heteroatoms. The lowest BCUT2D eigenvalue weighted by Gasteiger charge is -2.33. The van der Waals surface area contributed by atoms with E-state index in [1.165, 1.54) is 0 Å². The van der Waals surface area contributed by atoms with E-state index in [1.807, 2.05) is 11.8 Å². The lowest BCUT2D eigenvalue weighted by Crippen LogP contribution is -2.46. The highest BCUT2D eigenvalue weighted by molar-refractivity contribution is 9.10. The zero-order valence-electron chi connectivity index (χ0n) is 9.41. The molecule has 3 amide bonds. The maximum atomic E-state index is 11.7. The topological polar surface area (TPSA) is 75.4 Å². The van der Waals surface area contributed by atoms with Gasteiger partial charge in [-0.15, -0.1) is 0 Å². The van der Waals surface area contributed by atoms with Crippen LogP contribution in [0.25, 0.3) is 0 Å². The van der Waals surface area contributed by atoms with Gasteiger partial charge in [-0.05, 0) is 25.7 Å². The smallest absolute Gasteiger partial charge is 0.312 e. The van der Waals surface area contributed by atoms with Crippen LogP contribution in [0, 0.1) is 5.92 Å². The number of urea groups is 1. The molecule has 0 saturated carbocycles. The van der Waals surface area contributed by atoms with Gasteiger partial charge in [0, 0.05) is 19.6 Å². The molecule has 5 nitrogen and oxygen atoms in total. The summed E-state index contributed by atoms with van der Waals surface area (Å²) in [6, 6.07) is -0.502. The lowest BCUT2D eigenvalue weighted by atomic mass is 9.98. The van der Waals surface area contributed by atoms with Crippen molar-refractivity contribution in [3.05, 3.63) is 0 Å². The van der Waals surface area contributed by atoms with Crippen LogP contribution in [0.1, 0.15) is 19.8 Å². The van der Waals surface area contributed by atoms with Crippen molar-refractivity contribution in [1.29, 1.82) is 0 Å². The summed E-state index contributed by atoms with van der Waals surface area (Å²) in [7, 11) is 0. The molecule has 0 radical (unpaired) electrons. The van der Waals surface area contributed by atoms with Gasteiger partial charge in [-0.3, -0.25) is 4.79 Å². The third-order valence-corrected chi connectivity index (χ3v) is 3.13. The summed E-state index contributed by atoms with van der Waals surface area (Å²) in [6.07, 6.45) is 2.01. The van der Waals surface area contributed by atoms with Gasteiger partial charge in [-0.1, -0.05) is 15.9 Å². The Morgan fingerprint density at radius 2 is 2.31 bits per heavy atom. The average Bonchev–Trinajstić information content (AvgIpc) is 2.25. The zero-order chi connectivity index (χ0) is 12.1. The van der Waals surface area contributed by atoms with E-state index in [4.69, 9.17) is 5.73 Å². The maximum Gasteiger partial charge on any atom is 0.312 e. The largest absolute Gasteiger partial charge is 0.352 e. The molecular formula is C10H18BrN3O2. The summed E-state index contributed by atoms with van der Waals surface area (Å²) in [4.78, 5) is 24.0. The van der Waals surface area contributed by atoms with E-state index in [9.17, 15) is 9.59 Å².